The lowest BCUT2D eigenvalue weighted by atomic mass is 10.1. The van der Waals surface area contributed by atoms with Gasteiger partial charge in [0.25, 0.3) is 0 Å². The summed E-state index contributed by atoms with van der Waals surface area (Å²) in [6, 6.07) is -0.819. The van der Waals surface area contributed by atoms with Gasteiger partial charge in [0.05, 0.1) is 6.10 Å². The Labute approximate surface area is 76.1 Å². The molecule has 13 heavy (non-hydrogen) atoms. The fourth-order valence-corrected chi connectivity index (χ4v) is 1.42. The van der Waals surface area contributed by atoms with Gasteiger partial charge < -0.3 is 15.2 Å². The highest BCUT2D eigenvalue weighted by molar-refractivity contribution is 5.76. The largest absolute Gasteiger partial charge is 0.480 e. The summed E-state index contributed by atoms with van der Waals surface area (Å²) >= 11 is 0. The van der Waals surface area contributed by atoms with Crippen molar-refractivity contribution >= 4 is 12.4 Å². The van der Waals surface area contributed by atoms with Crippen molar-refractivity contribution in [2.24, 2.45) is 0 Å². The van der Waals surface area contributed by atoms with Crippen LogP contribution in [0.1, 0.15) is 19.3 Å². The number of aliphatic carboxylic acids is 1. The first-order chi connectivity index (χ1) is 6.24. The lowest BCUT2D eigenvalue weighted by molar-refractivity contribution is -0.141. The first-order valence-electron chi connectivity index (χ1n) is 4.28. The predicted molar refractivity (Wildman–Crippen MR) is 44.2 cm³/mol. The molecule has 1 amide bonds. The summed E-state index contributed by atoms with van der Waals surface area (Å²) < 4.78 is 5.26. The molecule has 0 radical (unpaired) electrons. The van der Waals surface area contributed by atoms with E-state index in [0.717, 1.165) is 12.8 Å². The van der Waals surface area contributed by atoms with Gasteiger partial charge in [0.2, 0.25) is 6.41 Å². The van der Waals surface area contributed by atoms with Crippen LogP contribution in [0, 0.1) is 0 Å². The van der Waals surface area contributed by atoms with Gasteiger partial charge in [0, 0.05) is 13.0 Å². The molecule has 0 aliphatic carbocycles. The molecule has 74 valence electrons. The lowest BCUT2D eigenvalue weighted by Crippen LogP contribution is -2.38. The zero-order valence-electron chi connectivity index (χ0n) is 7.23. The number of ether oxygens (including phenoxy) is 1. The highest BCUT2D eigenvalue weighted by atomic mass is 16.5. The summed E-state index contributed by atoms with van der Waals surface area (Å²) in [7, 11) is 0. The average molecular weight is 187 g/mol. The number of carboxylic acid groups (broad SMARTS) is 1. The molecule has 1 aliphatic heterocycles. The number of nitrogens with one attached hydrogen (secondary N) is 1. The van der Waals surface area contributed by atoms with Crippen molar-refractivity contribution in [1.29, 1.82) is 0 Å². The number of carbonyl (C=O) groups excluding carboxylic acids is 1. The van der Waals surface area contributed by atoms with Gasteiger partial charge in [-0.05, 0) is 12.8 Å². The molecule has 1 saturated heterocycles. The average Bonchev–Trinajstić information content (AvgIpc) is 2.56. The SMILES string of the molecule is O=CNC(CC1CCCO1)C(=O)O. The quantitative estimate of drug-likeness (QED) is 0.582. The molecule has 5 heteroatoms. The Hall–Kier alpha value is -1.10. The molecule has 5 nitrogen and oxygen atoms in total. The van der Waals surface area contributed by atoms with Gasteiger partial charge in [0.15, 0.2) is 0 Å². The van der Waals surface area contributed by atoms with Crippen LogP contribution in [0.15, 0.2) is 0 Å². The molecule has 0 aromatic rings. The maximum atomic E-state index is 10.6. The fraction of sp³-hybridized carbons (Fsp3) is 0.750. The summed E-state index contributed by atoms with van der Waals surface area (Å²) in [5.41, 5.74) is 0. The van der Waals surface area contributed by atoms with Crippen LogP contribution in [0.3, 0.4) is 0 Å². The van der Waals surface area contributed by atoms with E-state index >= 15 is 0 Å². The molecular weight excluding hydrogens is 174 g/mol. The molecule has 0 aromatic heterocycles. The smallest absolute Gasteiger partial charge is 0.326 e. The number of hydrogen-bond acceptors (Lipinski definition) is 3. The zero-order valence-corrected chi connectivity index (χ0v) is 7.23. The Morgan fingerprint density at radius 2 is 2.54 bits per heavy atom. The molecule has 2 N–H and O–H groups in total. The van der Waals surface area contributed by atoms with Crippen LogP contribution in [-0.4, -0.2) is 36.2 Å². The minimum absolute atomic E-state index is 0.0199. The Kier molecular flexibility index (Phi) is 3.70. The molecule has 2 atom stereocenters. The Morgan fingerprint density at radius 3 is 3.00 bits per heavy atom. The second-order valence-electron chi connectivity index (χ2n) is 3.05. The minimum atomic E-state index is -1.01. The van der Waals surface area contributed by atoms with Crippen LogP contribution in [0.25, 0.3) is 0 Å². The zero-order chi connectivity index (χ0) is 9.68. The van der Waals surface area contributed by atoms with Crippen molar-refractivity contribution in [3.63, 3.8) is 0 Å². The molecule has 1 heterocycles. The monoisotopic (exact) mass is 187 g/mol. The maximum absolute atomic E-state index is 10.6. The third-order valence-electron chi connectivity index (χ3n) is 2.09. The van der Waals surface area contributed by atoms with E-state index in [2.05, 4.69) is 5.32 Å². The van der Waals surface area contributed by atoms with E-state index in [0.29, 0.717) is 19.4 Å². The number of rotatable bonds is 5. The molecule has 0 spiro atoms. The molecule has 2 unspecified atom stereocenters. The van der Waals surface area contributed by atoms with E-state index in [9.17, 15) is 9.59 Å². The maximum Gasteiger partial charge on any atom is 0.326 e. The summed E-state index contributed by atoms with van der Waals surface area (Å²) in [6.45, 7) is 0.693. The van der Waals surface area contributed by atoms with Crippen molar-refractivity contribution in [3.8, 4) is 0 Å². The van der Waals surface area contributed by atoms with E-state index in [1.807, 2.05) is 0 Å². The van der Waals surface area contributed by atoms with Crippen LogP contribution < -0.4 is 5.32 Å². The molecular formula is C8H13NO4. The van der Waals surface area contributed by atoms with Crippen LogP contribution >= 0.6 is 0 Å². The van der Waals surface area contributed by atoms with E-state index < -0.39 is 12.0 Å². The topological polar surface area (TPSA) is 75.6 Å². The van der Waals surface area contributed by atoms with Gasteiger partial charge in [0.1, 0.15) is 6.04 Å². The number of carboxylic acids is 1. The third-order valence-corrected chi connectivity index (χ3v) is 2.09. The molecule has 1 fully saturated rings. The van der Waals surface area contributed by atoms with E-state index in [1.165, 1.54) is 0 Å². The van der Waals surface area contributed by atoms with Gasteiger partial charge >= 0.3 is 5.97 Å². The van der Waals surface area contributed by atoms with E-state index in [4.69, 9.17) is 9.84 Å². The Bertz CT molecular complexity index is 189. The third kappa shape index (κ3) is 3.02. The highest BCUT2D eigenvalue weighted by Crippen LogP contribution is 2.16. The van der Waals surface area contributed by atoms with Crippen LogP contribution in [0.2, 0.25) is 0 Å². The standard InChI is InChI=1S/C8H13NO4/c10-5-9-7(8(11)12)4-6-2-1-3-13-6/h5-7H,1-4H2,(H,9,10)(H,11,12). The van der Waals surface area contributed by atoms with E-state index in [1.54, 1.807) is 0 Å². The number of amides is 1. The van der Waals surface area contributed by atoms with Crippen molar-refractivity contribution in [2.75, 3.05) is 6.61 Å². The summed E-state index contributed by atoms with van der Waals surface area (Å²) in [6.07, 6.45) is 2.60. The van der Waals surface area contributed by atoms with Crippen molar-refractivity contribution in [3.05, 3.63) is 0 Å². The van der Waals surface area contributed by atoms with Gasteiger partial charge in [-0.2, -0.15) is 0 Å². The molecule has 1 rings (SSSR count). The normalized spacial score (nSPS) is 23.8. The number of carbonyl (C=O) groups is 2. The van der Waals surface area contributed by atoms with Gasteiger partial charge in [-0.15, -0.1) is 0 Å². The molecule has 0 saturated carbocycles. The second-order valence-corrected chi connectivity index (χ2v) is 3.05. The molecule has 0 aromatic carbocycles. The number of hydrogen-bond donors (Lipinski definition) is 2. The van der Waals surface area contributed by atoms with E-state index in [-0.39, 0.29) is 6.10 Å². The second kappa shape index (κ2) is 4.81. The van der Waals surface area contributed by atoms with Gasteiger partial charge in [-0.3, -0.25) is 4.79 Å². The van der Waals surface area contributed by atoms with Crippen molar-refractivity contribution in [2.45, 2.75) is 31.4 Å². The lowest BCUT2D eigenvalue weighted by Gasteiger charge is -2.15. The van der Waals surface area contributed by atoms with Crippen LogP contribution in [0.5, 0.6) is 0 Å². The summed E-state index contributed by atoms with van der Waals surface area (Å²) in [5, 5.41) is 10.9. The first kappa shape index (κ1) is 9.98. The van der Waals surface area contributed by atoms with Crippen molar-refractivity contribution < 1.29 is 19.4 Å². The van der Waals surface area contributed by atoms with Gasteiger partial charge in [-0.1, -0.05) is 0 Å². The predicted octanol–water partition coefficient (Wildman–Crippen LogP) is -0.245. The minimum Gasteiger partial charge on any atom is -0.480 e. The summed E-state index contributed by atoms with van der Waals surface area (Å²) in [5.74, 6) is -1.01. The molecule has 0 bridgehead atoms. The first-order valence-corrected chi connectivity index (χ1v) is 4.28. The van der Waals surface area contributed by atoms with Crippen LogP contribution in [-0.2, 0) is 14.3 Å². The van der Waals surface area contributed by atoms with Crippen LogP contribution in [0.4, 0.5) is 0 Å². The Morgan fingerprint density at radius 1 is 1.77 bits per heavy atom. The highest BCUT2D eigenvalue weighted by Gasteiger charge is 2.24. The van der Waals surface area contributed by atoms with Crippen molar-refractivity contribution in [1.82, 2.24) is 5.32 Å². The summed E-state index contributed by atoms with van der Waals surface area (Å²) in [4.78, 5) is 20.7. The Balaban J connectivity index is 2.36. The van der Waals surface area contributed by atoms with Gasteiger partial charge in [-0.25, -0.2) is 4.79 Å². The molecule has 1 aliphatic rings. The fourth-order valence-electron chi connectivity index (χ4n) is 1.42.